The number of para-hydroxylation sites is 1. The van der Waals surface area contributed by atoms with E-state index >= 15 is 0 Å². The first-order valence-corrected chi connectivity index (χ1v) is 8.59. The molecule has 1 aliphatic heterocycles. The summed E-state index contributed by atoms with van der Waals surface area (Å²) in [5, 5.41) is 3.07. The first kappa shape index (κ1) is 15.2. The summed E-state index contributed by atoms with van der Waals surface area (Å²) in [5.74, 6) is -0.255. The lowest BCUT2D eigenvalue weighted by Crippen LogP contribution is -2.22. The summed E-state index contributed by atoms with van der Waals surface area (Å²) in [7, 11) is -1.06. The number of benzene rings is 2. The van der Waals surface area contributed by atoms with E-state index in [1.54, 1.807) is 18.2 Å². The van der Waals surface area contributed by atoms with E-state index in [0.717, 1.165) is 36.4 Å². The summed E-state index contributed by atoms with van der Waals surface area (Å²) in [4.78, 5) is 0.830. The van der Waals surface area contributed by atoms with Crippen LogP contribution in [0.3, 0.4) is 0 Å². The summed E-state index contributed by atoms with van der Waals surface area (Å²) in [6, 6.07) is 14.3. The van der Waals surface area contributed by atoms with E-state index in [9.17, 15) is 8.60 Å². The summed E-state index contributed by atoms with van der Waals surface area (Å²) >= 11 is 0. The molecule has 1 aliphatic rings. The van der Waals surface area contributed by atoms with Crippen LogP contribution < -0.4 is 5.32 Å². The summed E-state index contributed by atoms with van der Waals surface area (Å²) in [6.45, 7) is 2.35. The largest absolute Gasteiger partial charge is 0.379 e. The van der Waals surface area contributed by atoms with Crippen LogP contribution in [-0.2, 0) is 17.5 Å². The molecule has 0 aromatic heterocycles. The second-order valence-electron chi connectivity index (χ2n) is 5.36. The molecule has 5 heteroatoms. The van der Waals surface area contributed by atoms with Crippen molar-refractivity contribution in [2.75, 3.05) is 18.4 Å². The molecule has 0 spiro atoms. The van der Waals surface area contributed by atoms with E-state index < -0.39 is 11.0 Å². The van der Waals surface area contributed by atoms with E-state index in [1.165, 1.54) is 6.07 Å². The monoisotopic (exact) mass is 318 g/mol. The van der Waals surface area contributed by atoms with Crippen LogP contribution in [0.5, 0.6) is 0 Å². The van der Waals surface area contributed by atoms with Crippen LogP contribution in [0.4, 0.5) is 10.1 Å². The molecule has 1 unspecified atom stereocenters. The van der Waals surface area contributed by atoms with Crippen molar-refractivity contribution in [3.63, 3.8) is 0 Å². The van der Waals surface area contributed by atoms with Crippen LogP contribution >= 0.6 is 0 Å². The number of anilines is 1. The Morgan fingerprint density at radius 1 is 1.05 bits per heavy atom. The third-order valence-electron chi connectivity index (χ3n) is 3.78. The quantitative estimate of drug-likeness (QED) is 0.914. The average Bonchev–Trinajstić information content (AvgIpc) is 3.08. The first-order chi connectivity index (χ1) is 10.7. The maximum Gasteiger partial charge on any atom is 0.146 e. The minimum absolute atomic E-state index is 0.255. The normalized spacial score (nSPS) is 16.6. The van der Waals surface area contributed by atoms with Gasteiger partial charge in [0.25, 0.3) is 0 Å². The average molecular weight is 318 g/mol. The maximum atomic E-state index is 13.5. The number of hydrogen-bond acceptors (Lipinski definition) is 2. The van der Waals surface area contributed by atoms with Gasteiger partial charge in [0.1, 0.15) is 16.8 Å². The minimum atomic E-state index is -1.06. The van der Waals surface area contributed by atoms with Gasteiger partial charge in [0.05, 0.1) is 10.6 Å². The highest BCUT2D eigenvalue weighted by Gasteiger charge is 2.18. The van der Waals surface area contributed by atoms with Gasteiger partial charge < -0.3 is 5.32 Å². The van der Waals surface area contributed by atoms with Crippen LogP contribution in [-0.4, -0.2) is 21.6 Å². The molecule has 0 aliphatic carbocycles. The molecule has 1 saturated heterocycles. The van der Waals surface area contributed by atoms with Crippen molar-refractivity contribution in [1.29, 1.82) is 0 Å². The Labute approximate surface area is 132 Å². The van der Waals surface area contributed by atoms with Gasteiger partial charge in [-0.1, -0.05) is 24.3 Å². The predicted molar refractivity (Wildman–Crippen MR) is 87.4 cm³/mol. The standard InChI is InChI=1S/C17H19FN2OS/c18-16-5-1-2-6-17(16)19-13-14-7-9-15(10-8-14)22(21)20-11-3-4-12-20/h1-2,5-10,19H,3-4,11-13H2. The van der Waals surface area contributed by atoms with E-state index in [0.29, 0.717) is 12.2 Å². The van der Waals surface area contributed by atoms with Crippen molar-refractivity contribution < 1.29 is 8.60 Å². The SMILES string of the molecule is O=S(c1ccc(CNc2ccccc2F)cc1)N1CCCC1. The van der Waals surface area contributed by atoms with Gasteiger partial charge in [-0.2, -0.15) is 0 Å². The molecule has 0 radical (unpaired) electrons. The summed E-state index contributed by atoms with van der Waals surface area (Å²) < 4.78 is 27.9. The highest BCUT2D eigenvalue weighted by atomic mass is 32.2. The Morgan fingerprint density at radius 3 is 2.41 bits per heavy atom. The van der Waals surface area contributed by atoms with E-state index in [1.807, 2.05) is 28.6 Å². The molecule has 22 heavy (non-hydrogen) atoms. The van der Waals surface area contributed by atoms with Gasteiger partial charge >= 0.3 is 0 Å². The number of halogens is 1. The lowest BCUT2D eigenvalue weighted by molar-refractivity contribution is 0.536. The van der Waals surface area contributed by atoms with Gasteiger partial charge in [-0.05, 0) is 42.7 Å². The second-order valence-corrected chi connectivity index (χ2v) is 6.85. The Kier molecular flexibility index (Phi) is 4.85. The van der Waals surface area contributed by atoms with Crippen molar-refractivity contribution in [1.82, 2.24) is 4.31 Å². The smallest absolute Gasteiger partial charge is 0.146 e. The molecule has 3 rings (SSSR count). The van der Waals surface area contributed by atoms with Gasteiger partial charge in [-0.15, -0.1) is 0 Å². The fraction of sp³-hybridized carbons (Fsp3) is 0.294. The molecule has 116 valence electrons. The van der Waals surface area contributed by atoms with Crippen LogP contribution in [0.2, 0.25) is 0 Å². The van der Waals surface area contributed by atoms with Gasteiger partial charge in [0.2, 0.25) is 0 Å². The molecular formula is C17H19FN2OS. The second kappa shape index (κ2) is 7.03. The lowest BCUT2D eigenvalue weighted by Gasteiger charge is -2.14. The zero-order valence-electron chi connectivity index (χ0n) is 12.3. The van der Waals surface area contributed by atoms with Crippen molar-refractivity contribution in [2.24, 2.45) is 0 Å². The minimum Gasteiger partial charge on any atom is -0.379 e. The predicted octanol–water partition coefficient (Wildman–Crippen LogP) is 3.56. The fourth-order valence-corrected chi connectivity index (χ4v) is 3.79. The van der Waals surface area contributed by atoms with Crippen LogP contribution in [0.15, 0.2) is 53.4 Å². The molecule has 1 fully saturated rings. The zero-order valence-corrected chi connectivity index (χ0v) is 13.1. The van der Waals surface area contributed by atoms with Crippen molar-refractivity contribution in [3.05, 3.63) is 59.9 Å². The fourth-order valence-electron chi connectivity index (χ4n) is 2.53. The molecule has 1 N–H and O–H groups in total. The number of hydrogen-bond donors (Lipinski definition) is 1. The van der Waals surface area contributed by atoms with Crippen LogP contribution in [0.25, 0.3) is 0 Å². The molecule has 2 aromatic rings. The zero-order chi connectivity index (χ0) is 15.4. The Hall–Kier alpha value is -1.72. The van der Waals surface area contributed by atoms with E-state index in [-0.39, 0.29) is 5.82 Å². The third-order valence-corrected chi connectivity index (χ3v) is 5.29. The maximum absolute atomic E-state index is 13.5. The lowest BCUT2D eigenvalue weighted by atomic mass is 10.2. The number of nitrogens with one attached hydrogen (secondary N) is 1. The molecule has 2 aromatic carbocycles. The summed E-state index contributed by atoms with van der Waals surface area (Å²) in [6.07, 6.45) is 2.24. The van der Waals surface area contributed by atoms with Gasteiger partial charge in [0.15, 0.2) is 0 Å². The van der Waals surface area contributed by atoms with Crippen molar-refractivity contribution in [2.45, 2.75) is 24.3 Å². The highest BCUT2D eigenvalue weighted by Crippen LogP contribution is 2.18. The topological polar surface area (TPSA) is 32.3 Å². The van der Waals surface area contributed by atoms with Crippen LogP contribution in [0.1, 0.15) is 18.4 Å². The molecule has 0 amide bonds. The van der Waals surface area contributed by atoms with E-state index in [2.05, 4.69) is 5.32 Å². The van der Waals surface area contributed by atoms with Crippen molar-refractivity contribution in [3.8, 4) is 0 Å². The number of nitrogens with zero attached hydrogens (tertiary/aromatic N) is 1. The molecule has 3 nitrogen and oxygen atoms in total. The van der Waals surface area contributed by atoms with Gasteiger partial charge in [-0.25, -0.2) is 12.9 Å². The van der Waals surface area contributed by atoms with Crippen molar-refractivity contribution >= 4 is 16.7 Å². The molecular weight excluding hydrogens is 299 g/mol. The Morgan fingerprint density at radius 2 is 1.73 bits per heavy atom. The van der Waals surface area contributed by atoms with Gasteiger partial charge in [0, 0.05) is 19.6 Å². The molecule has 0 bridgehead atoms. The highest BCUT2D eigenvalue weighted by molar-refractivity contribution is 7.82. The Balaban J connectivity index is 1.62. The number of rotatable bonds is 5. The molecule has 1 atom stereocenters. The first-order valence-electron chi connectivity index (χ1n) is 7.48. The summed E-state index contributed by atoms with van der Waals surface area (Å²) in [5.41, 5.74) is 1.53. The van der Waals surface area contributed by atoms with Gasteiger partial charge in [-0.3, -0.25) is 0 Å². The van der Waals surface area contributed by atoms with E-state index in [4.69, 9.17) is 0 Å². The van der Waals surface area contributed by atoms with Crippen LogP contribution in [0, 0.1) is 5.82 Å². The molecule has 0 saturated carbocycles. The third kappa shape index (κ3) is 3.54. The molecule has 1 heterocycles. The Bertz CT molecular complexity index is 654.